The van der Waals surface area contributed by atoms with Gasteiger partial charge in [-0.1, -0.05) is 12.1 Å². The minimum absolute atomic E-state index is 0.0627. The zero-order chi connectivity index (χ0) is 18.1. The number of rotatable bonds is 5. The van der Waals surface area contributed by atoms with Gasteiger partial charge in [0.25, 0.3) is 0 Å². The number of aliphatic hydroxyl groups is 1. The Morgan fingerprint density at radius 2 is 1.88 bits per heavy atom. The Kier molecular flexibility index (Phi) is 4.78. The SMILES string of the molecule is Oc1ccc([C@H](O)CN2C[C@H]3CC(Oc4ccccc4F)C[C@H]3C2)nc1. The van der Waals surface area contributed by atoms with Gasteiger partial charge in [-0.25, -0.2) is 4.39 Å². The molecule has 1 saturated heterocycles. The van der Waals surface area contributed by atoms with Crippen LogP contribution in [0.25, 0.3) is 0 Å². The second-order valence-corrected chi connectivity index (χ2v) is 7.34. The number of halogens is 1. The number of β-amino-alcohol motifs (C(OH)–C–C–N with tert-alkyl or cyclic N) is 1. The highest BCUT2D eigenvalue weighted by atomic mass is 19.1. The summed E-state index contributed by atoms with van der Waals surface area (Å²) < 4.78 is 19.6. The smallest absolute Gasteiger partial charge is 0.165 e. The van der Waals surface area contributed by atoms with Crippen LogP contribution in [0.4, 0.5) is 4.39 Å². The van der Waals surface area contributed by atoms with Crippen molar-refractivity contribution in [1.82, 2.24) is 9.88 Å². The number of likely N-dealkylation sites (tertiary alicyclic amines) is 1. The summed E-state index contributed by atoms with van der Waals surface area (Å²) in [6.07, 6.45) is 2.58. The van der Waals surface area contributed by atoms with Crippen LogP contribution in [0, 0.1) is 17.7 Å². The van der Waals surface area contributed by atoms with Gasteiger partial charge in [-0.05, 0) is 48.9 Å². The van der Waals surface area contributed by atoms with Crippen LogP contribution in [0.15, 0.2) is 42.6 Å². The Hall–Kier alpha value is -2.18. The molecule has 4 rings (SSSR count). The molecule has 0 spiro atoms. The Labute approximate surface area is 152 Å². The molecule has 2 aliphatic rings. The molecule has 2 heterocycles. The monoisotopic (exact) mass is 358 g/mol. The molecule has 5 nitrogen and oxygen atoms in total. The second-order valence-electron chi connectivity index (χ2n) is 7.34. The third kappa shape index (κ3) is 3.66. The quantitative estimate of drug-likeness (QED) is 0.860. The lowest BCUT2D eigenvalue weighted by molar-refractivity contribution is 0.112. The van der Waals surface area contributed by atoms with E-state index in [1.54, 1.807) is 24.3 Å². The number of nitrogens with zero attached hydrogens (tertiary/aromatic N) is 2. The van der Waals surface area contributed by atoms with E-state index >= 15 is 0 Å². The number of ether oxygens (including phenoxy) is 1. The molecule has 0 radical (unpaired) electrons. The second kappa shape index (κ2) is 7.21. The number of aromatic hydroxyl groups is 1. The molecule has 1 saturated carbocycles. The lowest BCUT2D eigenvalue weighted by atomic mass is 10.0. The van der Waals surface area contributed by atoms with Gasteiger partial charge in [-0.3, -0.25) is 9.88 Å². The Morgan fingerprint density at radius 3 is 2.54 bits per heavy atom. The predicted molar refractivity (Wildman–Crippen MR) is 94.3 cm³/mol. The number of aliphatic hydroxyl groups excluding tert-OH is 1. The van der Waals surface area contributed by atoms with Gasteiger partial charge in [0.05, 0.1) is 18.0 Å². The van der Waals surface area contributed by atoms with E-state index in [4.69, 9.17) is 4.74 Å². The Bertz CT molecular complexity index is 741. The van der Waals surface area contributed by atoms with Gasteiger partial charge in [0, 0.05) is 19.6 Å². The number of para-hydroxylation sites is 1. The zero-order valence-electron chi connectivity index (χ0n) is 14.5. The maximum absolute atomic E-state index is 13.7. The van der Waals surface area contributed by atoms with Crippen molar-refractivity contribution < 1.29 is 19.3 Å². The van der Waals surface area contributed by atoms with Crippen LogP contribution in [0.3, 0.4) is 0 Å². The van der Waals surface area contributed by atoms with E-state index in [9.17, 15) is 14.6 Å². The fourth-order valence-electron chi connectivity index (χ4n) is 4.24. The molecule has 1 aromatic carbocycles. The summed E-state index contributed by atoms with van der Waals surface area (Å²) in [4.78, 5) is 6.34. The molecule has 2 N–H and O–H groups in total. The Balaban J connectivity index is 1.29. The number of benzene rings is 1. The van der Waals surface area contributed by atoms with Gasteiger partial charge in [-0.2, -0.15) is 0 Å². The maximum Gasteiger partial charge on any atom is 0.165 e. The van der Waals surface area contributed by atoms with Crippen LogP contribution in [0.1, 0.15) is 24.6 Å². The molecule has 0 amide bonds. The molecule has 4 atom stereocenters. The van der Waals surface area contributed by atoms with Crippen molar-refractivity contribution in [2.45, 2.75) is 25.0 Å². The fourth-order valence-corrected chi connectivity index (χ4v) is 4.24. The van der Waals surface area contributed by atoms with Crippen molar-refractivity contribution in [3.63, 3.8) is 0 Å². The van der Waals surface area contributed by atoms with Crippen LogP contribution in [-0.2, 0) is 0 Å². The molecule has 1 aliphatic heterocycles. The van der Waals surface area contributed by atoms with Crippen molar-refractivity contribution in [1.29, 1.82) is 0 Å². The van der Waals surface area contributed by atoms with E-state index in [2.05, 4.69) is 9.88 Å². The van der Waals surface area contributed by atoms with Gasteiger partial charge in [0.1, 0.15) is 11.9 Å². The molecule has 138 valence electrons. The van der Waals surface area contributed by atoms with Crippen molar-refractivity contribution in [3.8, 4) is 11.5 Å². The summed E-state index contributed by atoms with van der Waals surface area (Å²) in [6.45, 7) is 2.36. The topological polar surface area (TPSA) is 65.8 Å². The van der Waals surface area contributed by atoms with Gasteiger partial charge in [0.2, 0.25) is 0 Å². The minimum Gasteiger partial charge on any atom is -0.506 e. The summed E-state index contributed by atoms with van der Waals surface area (Å²) >= 11 is 0. The first-order chi connectivity index (χ1) is 12.6. The molecule has 1 unspecified atom stereocenters. The third-order valence-electron chi connectivity index (χ3n) is 5.46. The maximum atomic E-state index is 13.7. The van der Waals surface area contributed by atoms with Gasteiger partial charge in [0.15, 0.2) is 11.6 Å². The Morgan fingerprint density at radius 1 is 1.15 bits per heavy atom. The molecular weight excluding hydrogens is 335 g/mol. The zero-order valence-corrected chi connectivity index (χ0v) is 14.5. The average Bonchev–Trinajstić information content (AvgIpc) is 3.15. The molecule has 26 heavy (non-hydrogen) atoms. The van der Waals surface area contributed by atoms with E-state index in [0.29, 0.717) is 29.8 Å². The average molecular weight is 358 g/mol. The summed E-state index contributed by atoms with van der Waals surface area (Å²) in [6, 6.07) is 9.73. The van der Waals surface area contributed by atoms with Gasteiger partial charge in [-0.15, -0.1) is 0 Å². The molecule has 6 heteroatoms. The molecule has 0 bridgehead atoms. The van der Waals surface area contributed by atoms with E-state index in [1.807, 2.05) is 0 Å². The highest BCUT2D eigenvalue weighted by molar-refractivity contribution is 5.24. The van der Waals surface area contributed by atoms with Crippen LogP contribution >= 0.6 is 0 Å². The minimum atomic E-state index is -0.667. The highest BCUT2D eigenvalue weighted by Gasteiger charge is 2.42. The lowest BCUT2D eigenvalue weighted by Gasteiger charge is -2.22. The molecule has 1 aliphatic carbocycles. The summed E-state index contributed by atoms with van der Waals surface area (Å²) in [7, 11) is 0. The van der Waals surface area contributed by atoms with Crippen molar-refractivity contribution in [2.75, 3.05) is 19.6 Å². The van der Waals surface area contributed by atoms with Crippen LogP contribution in [-0.4, -0.2) is 45.8 Å². The molecular formula is C20H23FN2O3. The highest BCUT2D eigenvalue weighted by Crippen LogP contribution is 2.40. The standard InChI is InChI=1S/C20H23FN2O3/c21-17-3-1-2-4-20(17)26-16-7-13-10-23(11-14(13)8-16)12-19(25)18-6-5-15(24)9-22-18/h1-6,9,13-14,16,19,24-25H,7-8,10-12H2/t13-,14+,16?,19-/m1/s1. The van der Waals surface area contributed by atoms with Gasteiger partial charge >= 0.3 is 0 Å². The normalized spacial score (nSPS) is 26.6. The lowest BCUT2D eigenvalue weighted by Crippen LogP contribution is -2.29. The first-order valence-electron chi connectivity index (χ1n) is 9.05. The number of hydrogen-bond donors (Lipinski definition) is 2. The van der Waals surface area contributed by atoms with E-state index < -0.39 is 6.10 Å². The van der Waals surface area contributed by atoms with Crippen molar-refractivity contribution >= 4 is 0 Å². The summed E-state index contributed by atoms with van der Waals surface area (Å²) in [5.41, 5.74) is 0.570. The first-order valence-corrected chi connectivity index (χ1v) is 9.05. The van der Waals surface area contributed by atoms with E-state index in [-0.39, 0.29) is 17.7 Å². The largest absolute Gasteiger partial charge is 0.506 e. The summed E-state index contributed by atoms with van der Waals surface area (Å²) in [5, 5.41) is 19.6. The number of aromatic nitrogens is 1. The van der Waals surface area contributed by atoms with E-state index in [1.165, 1.54) is 18.3 Å². The third-order valence-corrected chi connectivity index (χ3v) is 5.46. The number of pyridine rings is 1. The number of hydrogen-bond acceptors (Lipinski definition) is 5. The van der Waals surface area contributed by atoms with Crippen LogP contribution in [0.2, 0.25) is 0 Å². The number of fused-ring (bicyclic) bond motifs is 1. The van der Waals surface area contributed by atoms with Crippen LogP contribution < -0.4 is 4.74 Å². The fraction of sp³-hybridized carbons (Fsp3) is 0.450. The molecule has 2 fully saturated rings. The first kappa shape index (κ1) is 17.2. The van der Waals surface area contributed by atoms with Gasteiger partial charge < -0.3 is 14.9 Å². The van der Waals surface area contributed by atoms with Crippen molar-refractivity contribution in [2.24, 2.45) is 11.8 Å². The van der Waals surface area contributed by atoms with Crippen LogP contribution in [0.5, 0.6) is 11.5 Å². The molecule has 1 aromatic heterocycles. The molecule has 2 aromatic rings. The summed E-state index contributed by atoms with van der Waals surface area (Å²) in [5.74, 6) is 1.16. The van der Waals surface area contributed by atoms with E-state index in [0.717, 1.165) is 25.9 Å². The predicted octanol–water partition coefficient (Wildman–Crippen LogP) is 2.75. The van der Waals surface area contributed by atoms with Crippen molar-refractivity contribution in [3.05, 3.63) is 54.1 Å².